The topological polar surface area (TPSA) is 96.5 Å². The highest BCUT2D eigenvalue weighted by atomic mass is 16.6. The van der Waals surface area contributed by atoms with E-state index in [-0.39, 0.29) is 12.2 Å². The third-order valence-corrected chi connectivity index (χ3v) is 4.08. The molecular weight excluding hydrogens is 274 g/mol. The number of aromatic nitrogens is 2. The molecule has 21 heavy (non-hydrogen) atoms. The molecule has 0 radical (unpaired) electrons. The fourth-order valence-electron chi connectivity index (χ4n) is 2.60. The molecule has 0 aromatic carbocycles. The SMILES string of the molecule is CC1CC(NCC(O)Cn2cc([N+](=O)[O-])cn2)CCN1C. The number of aliphatic hydroxyl groups excluding tert-OH is 1. The van der Waals surface area contributed by atoms with Crippen molar-refractivity contribution < 1.29 is 10.0 Å². The smallest absolute Gasteiger partial charge is 0.306 e. The van der Waals surface area contributed by atoms with Crippen molar-refractivity contribution in [1.82, 2.24) is 20.0 Å². The van der Waals surface area contributed by atoms with Crippen LogP contribution >= 0.6 is 0 Å². The lowest BCUT2D eigenvalue weighted by atomic mass is 9.99. The van der Waals surface area contributed by atoms with Crippen molar-refractivity contribution in [2.45, 2.75) is 44.5 Å². The van der Waals surface area contributed by atoms with E-state index < -0.39 is 11.0 Å². The van der Waals surface area contributed by atoms with Gasteiger partial charge in [0.2, 0.25) is 0 Å². The Morgan fingerprint density at radius 2 is 2.43 bits per heavy atom. The maximum absolute atomic E-state index is 10.6. The summed E-state index contributed by atoms with van der Waals surface area (Å²) in [6.07, 6.45) is 4.05. The van der Waals surface area contributed by atoms with Crippen molar-refractivity contribution in [3.8, 4) is 0 Å². The molecule has 0 aliphatic carbocycles. The minimum absolute atomic E-state index is 0.0562. The van der Waals surface area contributed by atoms with Crippen LogP contribution in [-0.2, 0) is 6.54 Å². The van der Waals surface area contributed by atoms with Crippen LogP contribution in [0.3, 0.4) is 0 Å². The first-order valence-corrected chi connectivity index (χ1v) is 7.24. The number of nitrogens with zero attached hydrogens (tertiary/aromatic N) is 4. The van der Waals surface area contributed by atoms with Crippen molar-refractivity contribution in [3.63, 3.8) is 0 Å². The normalized spacial score (nSPS) is 24.9. The summed E-state index contributed by atoms with van der Waals surface area (Å²) in [6.45, 7) is 3.98. The quantitative estimate of drug-likeness (QED) is 0.576. The van der Waals surface area contributed by atoms with Crippen molar-refractivity contribution in [2.75, 3.05) is 20.1 Å². The van der Waals surface area contributed by atoms with Crippen LogP contribution in [0.25, 0.3) is 0 Å². The summed E-state index contributed by atoms with van der Waals surface area (Å²) in [7, 11) is 2.13. The molecule has 2 rings (SSSR count). The van der Waals surface area contributed by atoms with Crippen molar-refractivity contribution in [2.24, 2.45) is 0 Å². The Morgan fingerprint density at radius 1 is 1.67 bits per heavy atom. The van der Waals surface area contributed by atoms with E-state index >= 15 is 0 Å². The molecule has 1 aliphatic heterocycles. The predicted octanol–water partition coefficient (Wildman–Crippen LogP) is 0.224. The summed E-state index contributed by atoms with van der Waals surface area (Å²) in [4.78, 5) is 12.4. The van der Waals surface area contributed by atoms with Gasteiger partial charge in [0.15, 0.2) is 0 Å². The number of rotatable bonds is 6. The fourth-order valence-corrected chi connectivity index (χ4v) is 2.60. The van der Waals surface area contributed by atoms with Crippen molar-refractivity contribution >= 4 is 5.69 Å². The molecule has 1 saturated heterocycles. The van der Waals surface area contributed by atoms with Crippen molar-refractivity contribution in [3.05, 3.63) is 22.5 Å². The van der Waals surface area contributed by atoms with Gasteiger partial charge in [0.05, 0.1) is 17.6 Å². The monoisotopic (exact) mass is 297 g/mol. The Balaban J connectivity index is 1.74. The van der Waals surface area contributed by atoms with Crippen LogP contribution in [0.15, 0.2) is 12.4 Å². The zero-order chi connectivity index (χ0) is 15.4. The third kappa shape index (κ3) is 4.48. The number of piperidine rings is 1. The second-order valence-corrected chi connectivity index (χ2v) is 5.79. The Bertz CT molecular complexity index is 478. The standard InChI is InChI=1S/C13H23N5O3/c1-10-5-11(3-4-16(10)2)14-7-13(19)9-17-8-12(6-15-17)18(20)21/h6,8,10-11,13-14,19H,3-5,7,9H2,1-2H3. The van der Waals surface area contributed by atoms with Gasteiger partial charge >= 0.3 is 5.69 Å². The van der Waals surface area contributed by atoms with E-state index in [4.69, 9.17) is 0 Å². The van der Waals surface area contributed by atoms with Gasteiger partial charge in [0, 0.05) is 18.6 Å². The van der Waals surface area contributed by atoms with Gasteiger partial charge in [-0.2, -0.15) is 5.10 Å². The molecule has 0 amide bonds. The third-order valence-electron chi connectivity index (χ3n) is 4.08. The van der Waals surface area contributed by atoms with Crippen LogP contribution in [0.4, 0.5) is 5.69 Å². The minimum Gasteiger partial charge on any atom is -0.390 e. The second-order valence-electron chi connectivity index (χ2n) is 5.79. The van der Waals surface area contributed by atoms with Gasteiger partial charge in [-0.3, -0.25) is 14.8 Å². The summed E-state index contributed by atoms with van der Waals surface area (Å²) >= 11 is 0. The molecule has 0 bridgehead atoms. The van der Waals surface area contributed by atoms with Gasteiger partial charge in [-0.05, 0) is 33.4 Å². The highest BCUT2D eigenvalue weighted by Crippen LogP contribution is 2.15. The number of nitro groups is 1. The zero-order valence-electron chi connectivity index (χ0n) is 12.5. The number of likely N-dealkylation sites (tertiary alicyclic amines) is 1. The average molecular weight is 297 g/mol. The van der Waals surface area contributed by atoms with E-state index in [1.807, 2.05) is 0 Å². The van der Waals surface area contributed by atoms with Gasteiger partial charge < -0.3 is 15.3 Å². The average Bonchev–Trinajstić information content (AvgIpc) is 2.89. The Labute approximate surface area is 123 Å². The van der Waals surface area contributed by atoms with Crippen LogP contribution in [0.1, 0.15) is 19.8 Å². The minimum atomic E-state index is -0.612. The molecule has 0 saturated carbocycles. The van der Waals surface area contributed by atoms with Gasteiger partial charge in [0.1, 0.15) is 12.4 Å². The maximum Gasteiger partial charge on any atom is 0.306 e. The highest BCUT2D eigenvalue weighted by molar-refractivity contribution is 5.20. The lowest BCUT2D eigenvalue weighted by Gasteiger charge is -2.35. The molecule has 2 heterocycles. The molecular formula is C13H23N5O3. The van der Waals surface area contributed by atoms with E-state index in [2.05, 4.69) is 29.3 Å². The molecule has 0 spiro atoms. The van der Waals surface area contributed by atoms with E-state index in [1.165, 1.54) is 17.1 Å². The number of nitrogens with one attached hydrogen (secondary N) is 1. The largest absolute Gasteiger partial charge is 0.390 e. The van der Waals surface area contributed by atoms with E-state index in [0.29, 0.717) is 18.6 Å². The Morgan fingerprint density at radius 3 is 3.05 bits per heavy atom. The van der Waals surface area contributed by atoms with Crippen LogP contribution in [0, 0.1) is 10.1 Å². The first-order valence-electron chi connectivity index (χ1n) is 7.24. The van der Waals surface area contributed by atoms with Crippen LogP contribution < -0.4 is 5.32 Å². The summed E-state index contributed by atoms with van der Waals surface area (Å²) in [5.74, 6) is 0. The maximum atomic E-state index is 10.6. The lowest BCUT2D eigenvalue weighted by molar-refractivity contribution is -0.385. The first kappa shape index (κ1) is 15.9. The van der Waals surface area contributed by atoms with Crippen LogP contribution in [0.2, 0.25) is 0 Å². The molecule has 2 N–H and O–H groups in total. The van der Waals surface area contributed by atoms with E-state index in [9.17, 15) is 15.2 Å². The number of hydrogen-bond donors (Lipinski definition) is 2. The molecule has 1 aromatic rings. The van der Waals surface area contributed by atoms with Gasteiger partial charge in [-0.15, -0.1) is 0 Å². The second kappa shape index (κ2) is 6.97. The summed E-state index contributed by atoms with van der Waals surface area (Å²) < 4.78 is 1.40. The molecule has 3 unspecified atom stereocenters. The van der Waals surface area contributed by atoms with E-state index in [1.54, 1.807) is 0 Å². The number of hydrogen-bond acceptors (Lipinski definition) is 6. The Kier molecular flexibility index (Phi) is 5.27. The van der Waals surface area contributed by atoms with Gasteiger partial charge in [-0.1, -0.05) is 0 Å². The van der Waals surface area contributed by atoms with Crippen LogP contribution in [0.5, 0.6) is 0 Å². The van der Waals surface area contributed by atoms with Crippen LogP contribution in [-0.4, -0.2) is 63.0 Å². The number of aliphatic hydroxyl groups is 1. The van der Waals surface area contributed by atoms with Gasteiger partial charge in [0.25, 0.3) is 0 Å². The van der Waals surface area contributed by atoms with Crippen molar-refractivity contribution in [1.29, 1.82) is 0 Å². The molecule has 1 aromatic heterocycles. The first-order chi connectivity index (χ1) is 9.95. The predicted molar refractivity (Wildman–Crippen MR) is 78.0 cm³/mol. The summed E-state index contributed by atoms with van der Waals surface area (Å²) in [5.41, 5.74) is -0.0562. The zero-order valence-corrected chi connectivity index (χ0v) is 12.5. The lowest BCUT2D eigenvalue weighted by Crippen LogP contribution is -2.47. The molecule has 3 atom stereocenters. The molecule has 1 aliphatic rings. The highest BCUT2D eigenvalue weighted by Gasteiger charge is 2.23. The fraction of sp³-hybridized carbons (Fsp3) is 0.769. The summed E-state index contributed by atoms with van der Waals surface area (Å²) in [5, 5.41) is 27.8. The van der Waals surface area contributed by atoms with E-state index in [0.717, 1.165) is 19.4 Å². The molecule has 8 nitrogen and oxygen atoms in total. The summed E-state index contributed by atoms with van der Waals surface area (Å²) in [6, 6.07) is 0.958. The Hall–Kier alpha value is -1.51. The molecule has 118 valence electrons. The molecule has 8 heteroatoms. The van der Waals surface area contributed by atoms with Gasteiger partial charge in [-0.25, -0.2) is 0 Å². The molecule has 1 fully saturated rings.